The van der Waals surface area contributed by atoms with Crippen molar-refractivity contribution in [2.45, 2.75) is 0 Å². The van der Waals surface area contributed by atoms with Crippen LogP contribution < -0.4 is 4.29 Å². The summed E-state index contributed by atoms with van der Waals surface area (Å²) in [6, 6.07) is 0. The van der Waals surface area contributed by atoms with Gasteiger partial charge in [0.25, 0.3) is 0 Å². The first-order chi connectivity index (χ1) is 1.00. The molecule has 0 atom stereocenters. The maximum Gasteiger partial charge on any atom is 0 e. The summed E-state index contributed by atoms with van der Waals surface area (Å²) in [4.78, 5) is 0. The van der Waals surface area contributed by atoms with E-state index in [0.717, 1.165) is 0 Å². The van der Waals surface area contributed by atoms with E-state index in [1.165, 1.54) is 20.1 Å². The van der Waals surface area contributed by atoms with E-state index in [-0.39, 0.29) is 22.0 Å². The maximum absolute atomic E-state index is 4.51. The van der Waals surface area contributed by atoms with Crippen molar-refractivity contribution >= 4 is 0 Å². The van der Waals surface area contributed by atoms with Crippen LogP contribution in [0.2, 0.25) is 0 Å². The third kappa shape index (κ3) is 11.3. The molecule has 0 aliphatic rings. The van der Waals surface area contributed by atoms with Crippen molar-refractivity contribution in [1.29, 1.82) is 0 Å². The van der Waals surface area contributed by atoms with Gasteiger partial charge in [-0.2, -0.15) is 0 Å². The van der Waals surface area contributed by atoms with Crippen LogP contribution in [-0.2, 0) is 36.6 Å². The first-order valence-electron chi connectivity index (χ1n) is 0.236. The third-order valence-electron chi connectivity index (χ3n) is 0. The molecular formula is H4MoNNiO. The van der Waals surface area contributed by atoms with Crippen LogP contribution in [0, 0.1) is 0 Å². The molecule has 0 fully saturated rings. The Kier molecular flexibility index (Phi) is 158. The van der Waals surface area contributed by atoms with Crippen molar-refractivity contribution in [2.75, 3.05) is 0 Å². The van der Waals surface area contributed by atoms with Crippen LogP contribution in [0.3, 0.4) is 0 Å². The molecule has 0 aromatic heterocycles. The van der Waals surface area contributed by atoms with E-state index in [4.69, 9.17) is 0 Å². The van der Waals surface area contributed by atoms with Gasteiger partial charge in [0.15, 0.2) is 0 Å². The van der Waals surface area contributed by atoms with E-state index < -0.39 is 0 Å². The minimum absolute atomic E-state index is 0. The fourth-order valence-corrected chi connectivity index (χ4v) is 0. The quantitative estimate of drug-likeness (QED) is 0.466. The molecule has 0 radical (unpaired) electrons. The van der Waals surface area contributed by atoms with Crippen LogP contribution in [0.4, 0.5) is 0 Å². The Balaban J connectivity index is -0.00000000500. The van der Waals surface area contributed by atoms with E-state index in [2.05, 4.69) is 4.29 Å². The molecule has 4 heteroatoms. The van der Waals surface area contributed by atoms with Crippen molar-refractivity contribution in [3.05, 3.63) is 0 Å². The van der Waals surface area contributed by atoms with Crippen LogP contribution >= 0.6 is 0 Å². The van der Waals surface area contributed by atoms with Gasteiger partial charge in [0.1, 0.15) is 0 Å². The van der Waals surface area contributed by atoms with Gasteiger partial charge < -0.3 is 5.48 Å². The molecule has 0 rings (SSSR count). The van der Waals surface area contributed by atoms with E-state index in [0.29, 0.717) is 0 Å². The Labute approximate surface area is 46.6 Å². The molecule has 0 unspecified atom stereocenters. The molecule has 2 nitrogen and oxygen atoms in total. The number of rotatable bonds is 0. The molecule has 0 bridgehead atoms. The zero-order valence-electron chi connectivity index (χ0n) is 1.80. The summed E-state index contributed by atoms with van der Waals surface area (Å²) in [6.07, 6.45) is 0. The molecule has 0 amide bonds. The number of hydrogen-bond donors (Lipinski definition) is 1. The predicted molar refractivity (Wildman–Crippen MR) is 7.80 cm³/mol. The number of nitrogens with two attached hydrogens (primary N) is 1. The molecule has 4 N–H and O–H groups in total. The van der Waals surface area contributed by atoms with Crippen LogP contribution in [0.15, 0.2) is 0 Å². The van der Waals surface area contributed by atoms with Crippen molar-refractivity contribution in [1.82, 2.24) is 0 Å². The van der Waals surface area contributed by atoms with Crippen LogP contribution in [0.1, 0.15) is 0 Å². The summed E-state index contributed by atoms with van der Waals surface area (Å²) in [5.74, 6) is 0. The van der Waals surface area contributed by atoms with E-state index >= 15 is 0 Å². The fourth-order valence-electron chi connectivity index (χ4n) is 0. The fraction of sp³-hybridized carbons (Fsp3) is 0. The average Bonchev–Trinajstić information content (AvgIpc) is 1.00. The second-order valence-electron chi connectivity index (χ2n) is 0. The minimum atomic E-state index is 0. The summed E-state index contributed by atoms with van der Waals surface area (Å²) in [6.45, 7) is 0. The molecule has 0 saturated heterocycles. The van der Waals surface area contributed by atoms with E-state index in [9.17, 15) is 0 Å². The van der Waals surface area contributed by atoms with Gasteiger partial charge in [-0.1, -0.05) is 0 Å². The molecule has 4 heavy (non-hydrogen) atoms. The summed E-state index contributed by atoms with van der Waals surface area (Å²) < 4.78 is 4.51. The van der Waals surface area contributed by atoms with E-state index in [1.54, 1.807) is 0 Å². The third-order valence-corrected chi connectivity index (χ3v) is 0. The monoisotopic (exact) mass is 190 g/mol. The Bertz CT molecular complexity index is 8.00. The Hall–Kier alpha value is 1.10. The Morgan fingerprint density at radius 3 is 1.25 bits per heavy atom. The van der Waals surface area contributed by atoms with E-state index in [1.807, 2.05) is 0 Å². The Morgan fingerprint density at radius 1 is 1.25 bits per heavy atom. The molecule has 0 spiro atoms. The molecule has 0 aliphatic carbocycles. The van der Waals surface area contributed by atoms with Crippen molar-refractivity contribution in [3.8, 4) is 0 Å². The molecule has 0 aliphatic heterocycles. The zero-order valence-corrected chi connectivity index (χ0v) is 4.80. The zero-order chi connectivity index (χ0) is 2.00. The van der Waals surface area contributed by atoms with Crippen molar-refractivity contribution in [2.24, 2.45) is 4.29 Å². The molecule has 0 heterocycles. The second kappa shape index (κ2) is 32.5. The number of hydrogen-bond acceptors (Lipinski definition) is 1. The summed E-state index contributed by atoms with van der Waals surface area (Å²) in [7, 11) is 0. The molecule has 31 valence electrons. The van der Waals surface area contributed by atoms with Gasteiger partial charge in [-0.05, 0) is 0 Å². The molecule has 0 aromatic carbocycles. The summed E-state index contributed by atoms with van der Waals surface area (Å²) in [5.41, 5.74) is 0. The van der Waals surface area contributed by atoms with Crippen LogP contribution in [0.25, 0.3) is 0 Å². The van der Waals surface area contributed by atoms with Gasteiger partial charge in [0.05, 0.1) is 0 Å². The van der Waals surface area contributed by atoms with Crippen LogP contribution in [-0.4, -0.2) is 5.48 Å². The molecular weight excluding hydrogens is 185 g/mol. The minimum Gasteiger partial charge on any atom is 0 e. The van der Waals surface area contributed by atoms with Crippen LogP contribution in [0.5, 0.6) is 0 Å². The van der Waals surface area contributed by atoms with Gasteiger partial charge in [-0.15, -0.1) is 0 Å². The summed E-state index contributed by atoms with van der Waals surface area (Å²) >= 11 is 1.45. The van der Waals surface area contributed by atoms with Crippen molar-refractivity contribution < 1.29 is 42.0 Å². The maximum atomic E-state index is 4.51. The van der Waals surface area contributed by atoms with Gasteiger partial charge in [-0.25, -0.2) is 0 Å². The first-order valence-corrected chi connectivity index (χ1v) is 1.39. The predicted octanol–water partition coefficient (Wildman–Crippen LogP) is -1.42. The SMILES string of the molecule is O.[NH2][Mo].[Ni]. The molecule has 0 aromatic rings. The standard InChI is InChI=1S/Mo.H2N.Ni.H2O/h;1H2;;1H2/q+1;-1;;. The average molecular weight is 189 g/mol. The van der Waals surface area contributed by atoms with Gasteiger partial charge in [0, 0.05) is 16.5 Å². The Morgan fingerprint density at radius 2 is 1.25 bits per heavy atom. The van der Waals surface area contributed by atoms with Crippen molar-refractivity contribution in [3.63, 3.8) is 0 Å². The normalized spacial score (nSPS) is 1.25. The smallest absolute Gasteiger partial charge is 0 e. The largest absolute Gasteiger partial charge is 0 e. The second-order valence-corrected chi connectivity index (χ2v) is 0. The summed E-state index contributed by atoms with van der Waals surface area (Å²) in [5, 5.41) is 0. The van der Waals surface area contributed by atoms with Gasteiger partial charge in [0.2, 0.25) is 0 Å². The first kappa shape index (κ1) is 19.4. The molecule has 0 saturated carbocycles. The van der Waals surface area contributed by atoms with Gasteiger partial charge in [-0.3, -0.25) is 0 Å². The van der Waals surface area contributed by atoms with Gasteiger partial charge >= 0.3 is 24.4 Å². The topological polar surface area (TPSA) is 57.5 Å².